The lowest BCUT2D eigenvalue weighted by Gasteiger charge is -2.39. The lowest BCUT2D eigenvalue weighted by atomic mass is 9.89. The van der Waals surface area contributed by atoms with E-state index in [0.717, 1.165) is 25.9 Å². The van der Waals surface area contributed by atoms with Crippen molar-refractivity contribution in [2.24, 2.45) is 0 Å². The molecule has 1 rings (SSSR count). The van der Waals surface area contributed by atoms with Gasteiger partial charge in [-0.15, -0.1) is 0 Å². The fraction of sp³-hybridized carbons (Fsp3) is 0.875. The van der Waals surface area contributed by atoms with Gasteiger partial charge in [0.2, 0.25) is 5.91 Å². The molecule has 0 saturated carbocycles. The van der Waals surface area contributed by atoms with E-state index in [1.807, 2.05) is 20.8 Å². The van der Waals surface area contributed by atoms with Gasteiger partial charge in [-0.25, -0.2) is 4.79 Å². The number of carbonyl (C=O) groups excluding carboxylic acids is 2. The number of nitrogens with one attached hydrogen (secondary N) is 1. The number of ether oxygens (including phenoxy) is 1. The SMILES string of the molecule is CC(C(=O)NC1(C)CCN(C)CC1)N(C)C(=O)OC(C)(C)C. The minimum Gasteiger partial charge on any atom is -0.444 e. The Morgan fingerprint density at radius 3 is 2.23 bits per heavy atom. The number of amides is 2. The number of rotatable bonds is 3. The fourth-order valence-electron chi connectivity index (χ4n) is 2.31. The minimum atomic E-state index is -0.568. The molecule has 0 spiro atoms. The fourth-order valence-corrected chi connectivity index (χ4v) is 2.31. The van der Waals surface area contributed by atoms with Crippen molar-refractivity contribution in [3.63, 3.8) is 0 Å². The predicted octanol–water partition coefficient (Wildman–Crippen LogP) is 1.84. The molecule has 1 unspecified atom stereocenters. The second-order valence-corrected chi connectivity index (χ2v) is 7.62. The van der Waals surface area contributed by atoms with E-state index < -0.39 is 17.7 Å². The summed E-state index contributed by atoms with van der Waals surface area (Å²) in [5.74, 6) is -0.139. The lowest BCUT2D eigenvalue weighted by Crippen LogP contribution is -2.57. The molecule has 0 aromatic heterocycles. The topological polar surface area (TPSA) is 61.9 Å². The average Bonchev–Trinajstić information content (AvgIpc) is 2.38. The van der Waals surface area contributed by atoms with Crippen molar-refractivity contribution in [2.75, 3.05) is 27.2 Å². The van der Waals surface area contributed by atoms with Crippen molar-refractivity contribution >= 4 is 12.0 Å². The van der Waals surface area contributed by atoms with E-state index >= 15 is 0 Å². The summed E-state index contributed by atoms with van der Waals surface area (Å²) in [6, 6.07) is -0.564. The molecular formula is C16H31N3O3. The summed E-state index contributed by atoms with van der Waals surface area (Å²) < 4.78 is 5.30. The molecule has 0 aromatic rings. The first kappa shape index (κ1) is 18.7. The Balaban J connectivity index is 2.59. The van der Waals surface area contributed by atoms with E-state index in [-0.39, 0.29) is 11.4 Å². The summed E-state index contributed by atoms with van der Waals surface area (Å²) in [6.07, 6.45) is 1.35. The molecule has 6 heteroatoms. The number of hydrogen-bond donors (Lipinski definition) is 1. The first-order chi connectivity index (χ1) is 9.93. The van der Waals surface area contributed by atoms with Gasteiger partial charge in [-0.05, 0) is 54.5 Å². The molecule has 22 heavy (non-hydrogen) atoms. The van der Waals surface area contributed by atoms with Gasteiger partial charge in [0, 0.05) is 25.7 Å². The number of likely N-dealkylation sites (N-methyl/N-ethyl adjacent to an activating group) is 1. The molecule has 2 amide bonds. The van der Waals surface area contributed by atoms with Gasteiger partial charge in [0.15, 0.2) is 0 Å². The maximum Gasteiger partial charge on any atom is 0.410 e. The van der Waals surface area contributed by atoms with Crippen LogP contribution < -0.4 is 5.32 Å². The van der Waals surface area contributed by atoms with Gasteiger partial charge < -0.3 is 15.0 Å². The Morgan fingerprint density at radius 1 is 1.27 bits per heavy atom. The molecule has 0 aliphatic carbocycles. The maximum atomic E-state index is 12.4. The Hall–Kier alpha value is -1.30. The van der Waals surface area contributed by atoms with Crippen LogP contribution in [0.3, 0.4) is 0 Å². The zero-order chi connectivity index (χ0) is 17.1. The third-order valence-corrected chi connectivity index (χ3v) is 4.16. The van der Waals surface area contributed by atoms with E-state index in [1.54, 1.807) is 14.0 Å². The van der Waals surface area contributed by atoms with Crippen molar-refractivity contribution < 1.29 is 14.3 Å². The highest BCUT2D eigenvalue weighted by Crippen LogP contribution is 2.21. The van der Waals surface area contributed by atoms with Gasteiger partial charge in [0.05, 0.1) is 0 Å². The van der Waals surface area contributed by atoms with Crippen molar-refractivity contribution in [1.29, 1.82) is 0 Å². The van der Waals surface area contributed by atoms with Crippen LogP contribution in [0.5, 0.6) is 0 Å². The Kier molecular flexibility index (Phi) is 5.84. The molecule has 1 saturated heterocycles. The van der Waals surface area contributed by atoms with Crippen LogP contribution >= 0.6 is 0 Å². The summed E-state index contributed by atoms with van der Waals surface area (Å²) in [6.45, 7) is 11.1. The quantitative estimate of drug-likeness (QED) is 0.863. The molecule has 1 N–H and O–H groups in total. The van der Waals surface area contributed by atoms with Crippen LogP contribution in [0.2, 0.25) is 0 Å². The van der Waals surface area contributed by atoms with Gasteiger partial charge in [0.25, 0.3) is 0 Å². The van der Waals surface area contributed by atoms with Crippen LogP contribution in [0.4, 0.5) is 4.79 Å². The predicted molar refractivity (Wildman–Crippen MR) is 86.7 cm³/mol. The summed E-state index contributed by atoms with van der Waals surface area (Å²) in [5, 5.41) is 3.10. The van der Waals surface area contributed by atoms with E-state index in [2.05, 4.69) is 24.2 Å². The van der Waals surface area contributed by atoms with Crippen molar-refractivity contribution in [3.8, 4) is 0 Å². The summed E-state index contributed by atoms with van der Waals surface area (Å²) >= 11 is 0. The van der Waals surface area contributed by atoms with Crippen LogP contribution in [-0.4, -0.2) is 66.2 Å². The third-order valence-electron chi connectivity index (χ3n) is 4.16. The van der Waals surface area contributed by atoms with E-state index in [4.69, 9.17) is 4.74 Å². The standard InChI is InChI=1S/C16H31N3O3/c1-12(19(7)14(21)22-15(2,3)4)13(20)17-16(5)8-10-18(6)11-9-16/h12H,8-11H2,1-7H3,(H,17,20). The molecule has 1 aliphatic heterocycles. The van der Waals surface area contributed by atoms with E-state index in [9.17, 15) is 9.59 Å². The van der Waals surface area contributed by atoms with Gasteiger partial charge in [0.1, 0.15) is 11.6 Å². The monoisotopic (exact) mass is 313 g/mol. The van der Waals surface area contributed by atoms with Gasteiger partial charge in [-0.3, -0.25) is 9.69 Å². The van der Waals surface area contributed by atoms with Crippen molar-refractivity contribution in [3.05, 3.63) is 0 Å². The molecular weight excluding hydrogens is 282 g/mol. The molecule has 1 aliphatic rings. The lowest BCUT2D eigenvalue weighted by molar-refractivity contribution is -0.127. The molecule has 1 atom stereocenters. The first-order valence-electron chi connectivity index (χ1n) is 7.90. The normalized spacial score (nSPS) is 20.1. The highest BCUT2D eigenvalue weighted by Gasteiger charge is 2.34. The Labute approximate surface area is 134 Å². The molecule has 0 bridgehead atoms. The van der Waals surface area contributed by atoms with Gasteiger partial charge in [-0.2, -0.15) is 0 Å². The first-order valence-corrected chi connectivity index (χ1v) is 7.90. The highest BCUT2D eigenvalue weighted by molar-refractivity contribution is 5.85. The second kappa shape index (κ2) is 6.86. The summed E-state index contributed by atoms with van der Waals surface area (Å²) in [4.78, 5) is 28.1. The van der Waals surface area contributed by atoms with E-state index in [1.165, 1.54) is 4.90 Å². The zero-order valence-corrected chi connectivity index (χ0v) is 15.0. The van der Waals surface area contributed by atoms with Crippen LogP contribution in [0.15, 0.2) is 0 Å². The Bertz CT molecular complexity index is 409. The molecule has 0 aromatic carbocycles. The molecule has 0 radical (unpaired) electrons. The highest BCUT2D eigenvalue weighted by atomic mass is 16.6. The average molecular weight is 313 g/mol. The van der Waals surface area contributed by atoms with Crippen LogP contribution in [-0.2, 0) is 9.53 Å². The summed E-state index contributed by atoms with van der Waals surface area (Å²) in [5.41, 5.74) is -0.770. The van der Waals surface area contributed by atoms with Gasteiger partial charge in [-0.1, -0.05) is 0 Å². The van der Waals surface area contributed by atoms with Crippen LogP contribution in [0.1, 0.15) is 47.5 Å². The van der Waals surface area contributed by atoms with Crippen LogP contribution in [0.25, 0.3) is 0 Å². The van der Waals surface area contributed by atoms with Crippen LogP contribution in [0, 0.1) is 0 Å². The number of nitrogens with zero attached hydrogens (tertiary/aromatic N) is 2. The minimum absolute atomic E-state index is 0.139. The Morgan fingerprint density at radius 2 is 1.77 bits per heavy atom. The van der Waals surface area contributed by atoms with Crippen molar-refractivity contribution in [1.82, 2.24) is 15.1 Å². The van der Waals surface area contributed by atoms with E-state index in [0.29, 0.717) is 0 Å². The summed E-state index contributed by atoms with van der Waals surface area (Å²) in [7, 11) is 3.68. The molecule has 128 valence electrons. The maximum absolute atomic E-state index is 12.4. The molecule has 6 nitrogen and oxygen atoms in total. The second-order valence-electron chi connectivity index (χ2n) is 7.62. The number of piperidine rings is 1. The number of carbonyl (C=O) groups is 2. The van der Waals surface area contributed by atoms with Crippen molar-refractivity contribution in [2.45, 2.75) is 64.6 Å². The number of hydrogen-bond acceptors (Lipinski definition) is 4. The molecule has 1 fully saturated rings. The molecule has 1 heterocycles. The smallest absolute Gasteiger partial charge is 0.410 e. The third kappa shape index (κ3) is 5.48. The zero-order valence-electron chi connectivity index (χ0n) is 15.0. The largest absolute Gasteiger partial charge is 0.444 e. The number of likely N-dealkylation sites (tertiary alicyclic amines) is 1. The van der Waals surface area contributed by atoms with Gasteiger partial charge >= 0.3 is 6.09 Å².